The number of allylic oxidation sites excluding steroid dienone is 3. The maximum Gasteiger partial charge on any atom is 0.0991 e. The van der Waals surface area contributed by atoms with Gasteiger partial charge in [-0.2, -0.15) is 5.26 Å². The average molecular weight is 827 g/mol. The molecule has 0 N–H and O–H groups in total. The molecule has 4 heterocycles. The van der Waals surface area contributed by atoms with Crippen LogP contribution in [-0.2, 0) is 0 Å². The Kier molecular flexibility index (Phi) is 8.12. The molecule has 6 nitrogen and oxygen atoms in total. The largest absolute Gasteiger partial charge is 0.332 e. The van der Waals surface area contributed by atoms with Crippen molar-refractivity contribution < 1.29 is 0 Å². The minimum atomic E-state index is 0.119. The van der Waals surface area contributed by atoms with Crippen LogP contribution in [0.15, 0.2) is 175 Å². The molecule has 2 aliphatic carbocycles. The molecule has 0 spiro atoms. The Hall–Kier alpha value is -7.66. The van der Waals surface area contributed by atoms with Gasteiger partial charge in [-0.3, -0.25) is 0 Å². The van der Waals surface area contributed by atoms with Crippen molar-refractivity contribution in [2.45, 2.75) is 35.4 Å². The Morgan fingerprint density at radius 2 is 1.16 bits per heavy atom. The van der Waals surface area contributed by atoms with Crippen LogP contribution < -0.4 is 10.7 Å². The zero-order chi connectivity index (χ0) is 41.6. The normalized spacial score (nSPS) is 16.4. The highest BCUT2D eigenvalue weighted by atomic mass is 32.2. The average Bonchev–Trinajstić information content (AvgIpc) is 3.92. The quantitative estimate of drug-likeness (QED) is 0.162. The molecule has 0 fully saturated rings. The number of benzene rings is 7. The summed E-state index contributed by atoms with van der Waals surface area (Å²) < 4.78 is 7.59. The van der Waals surface area contributed by atoms with Crippen LogP contribution in [0.3, 0.4) is 0 Å². The number of hydrogen-bond acceptors (Lipinski definition) is 4. The first-order valence-electron chi connectivity index (χ1n) is 21.7. The van der Waals surface area contributed by atoms with Gasteiger partial charge in [-0.1, -0.05) is 103 Å². The van der Waals surface area contributed by atoms with E-state index in [0.29, 0.717) is 10.8 Å². The van der Waals surface area contributed by atoms with E-state index in [1.165, 1.54) is 70.3 Å². The summed E-state index contributed by atoms with van der Waals surface area (Å²) in [5, 5.41) is 19.1. The van der Waals surface area contributed by atoms with Gasteiger partial charge >= 0.3 is 0 Å². The van der Waals surface area contributed by atoms with Crippen LogP contribution in [0.4, 0.5) is 0 Å². The summed E-state index contributed by atoms with van der Waals surface area (Å²) in [6, 6.07) is 56.5. The van der Waals surface area contributed by atoms with E-state index in [9.17, 15) is 5.26 Å². The molecule has 11 aromatic rings. The van der Waals surface area contributed by atoms with Gasteiger partial charge in [0.05, 0.1) is 72.5 Å². The molecular formula is C56H38N6S. The van der Waals surface area contributed by atoms with Gasteiger partial charge in [-0.25, -0.2) is 9.97 Å². The van der Waals surface area contributed by atoms with E-state index in [4.69, 9.17) is 9.97 Å². The van der Waals surface area contributed by atoms with E-state index >= 15 is 0 Å². The van der Waals surface area contributed by atoms with Crippen molar-refractivity contribution in [3.8, 4) is 11.8 Å². The summed E-state index contributed by atoms with van der Waals surface area (Å²) in [5.41, 5.74) is 12.0. The molecule has 13 rings (SSSR count). The molecule has 2 atom stereocenters. The molecule has 0 radical (unpaired) electrons. The van der Waals surface area contributed by atoms with Gasteiger partial charge in [0.1, 0.15) is 0 Å². The van der Waals surface area contributed by atoms with Gasteiger partial charge in [0, 0.05) is 53.8 Å². The standard InChI is InChI=1S/C56H38N6S/c57-34-35-21-25-39(26-22-35)63-40-27-23-37(24-28-40)62-55-41(29-31-51-53(55)43-14-4-8-19-49(43)60(51)36-11-2-1-3-12-36)42-30-32-52-54(56(42)62)44-15-5-9-20-50(44)61(52)38-13-10-18-47-48(33-38)59-46-17-7-6-16-45(46)58-47/h1-9,11-23,25-27,29-33,37,40H,10,24,28H2. The van der Waals surface area contributed by atoms with Crippen molar-refractivity contribution >= 4 is 106 Å². The molecule has 0 amide bonds. The van der Waals surface area contributed by atoms with E-state index in [1.54, 1.807) is 0 Å². The maximum absolute atomic E-state index is 9.39. The number of fused-ring (bicyclic) bond motifs is 13. The van der Waals surface area contributed by atoms with Crippen molar-refractivity contribution in [2.24, 2.45) is 0 Å². The lowest BCUT2D eigenvalue weighted by atomic mass is 10.0. The van der Waals surface area contributed by atoms with Crippen molar-refractivity contribution in [1.29, 1.82) is 5.26 Å². The summed E-state index contributed by atoms with van der Waals surface area (Å²) in [7, 11) is 0. The van der Waals surface area contributed by atoms with E-state index in [1.807, 2.05) is 48.2 Å². The Labute approximate surface area is 366 Å². The van der Waals surface area contributed by atoms with Crippen molar-refractivity contribution in [1.82, 2.24) is 23.7 Å². The lowest BCUT2D eigenvalue weighted by Gasteiger charge is -2.26. The third-order valence-corrected chi connectivity index (χ3v) is 14.4. The second kappa shape index (κ2) is 14.2. The van der Waals surface area contributed by atoms with Gasteiger partial charge in [0.2, 0.25) is 0 Å². The molecule has 7 aromatic carbocycles. The van der Waals surface area contributed by atoms with Crippen LogP contribution in [0.5, 0.6) is 0 Å². The minimum Gasteiger partial charge on any atom is -0.332 e. The second-order valence-corrected chi connectivity index (χ2v) is 18.0. The number of nitriles is 1. The first-order chi connectivity index (χ1) is 31.2. The number of para-hydroxylation sites is 5. The Balaban J connectivity index is 1.10. The number of aromatic nitrogens is 5. The first-order valence-corrected chi connectivity index (χ1v) is 22.6. The summed E-state index contributed by atoms with van der Waals surface area (Å²) in [6.45, 7) is 0. The molecule has 0 saturated carbocycles. The van der Waals surface area contributed by atoms with Crippen molar-refractivity contribution in [3.63, 3.8) is 0 Å². The van der Waals surface area contributed by atoms with E-state index in [2.05, 4.69) is 165 Å². The topological polar surface area (TPSA) is 64.4 Å². The lowest BCUT2D eigenvalue weighted by molar-refractivity contribution is 0.548. The van der Waals surface area contributed by atoms with Crippen molar-refractivity contribution in [3.05, 3.63) is 186 Å². The van der Waals surface area contributed by atoms with Crippen LogP contribution in [-0.4, -0.2) is 28.9 Å². The molecule has 2 unspecified atom stereocenters. The van der Waals surface area contributed by atoms with E-state index in [-0.39, 0.29) is 6.04 Å². The Morgan fingerprint density at radius 1 is 0.540 bits per heavy atom. The predicted molar refractivity (Wildman–Crippen MR) is 262 cm³/mol. The zero-order valence-electron chi connectivity index (χ0n) is 34.2. The van der Waals surface area contributed by atoms with Crippen LogP contribution >= 0.6 is 11.8 Å². The zero-order valence-corrected chi connectivity index (χ0v) is 35.0. The molecule has 0 saturated heterocycles. The molecule has 2 aliphatic rings. The van der Waals surface area contributed by atoms with Crippen LogP contribution in [0.1, 0.15) is 30.9 Å². The van der Waals surface area contributed by atoms with Gasteiger partial charge in [0.15, 0.2) is 0 Å². The van der Waals surface area contributed by atoms with Crippen molar-refractivity contribution in [2.75, 3.05) is 0 Å². The van der Waals surface area contributed by atoms with Gasteiger partial charge in [-0.15, -0.1) is 11.8 Å². The van der Waals surface area contributed by atoms with Crippen LogP contribution in [0, 0.1) is 11.3 Å². The minimum absolute atomic E-state index is 0.119. The Bertz CT molecular complexity index is 3940. The highest BCUT2D eigenvalue weighted by Gasteiger charge is 2.28. The first kappa shape index (κ1) is 36.0. The second-order valence-electron chi connectivity index (χ2n) is 16.6. The van der Waals surface area contributed by atoms with Gasteiger partial charge in [-0.05, 0) is 98.1 Å². The van der Waals surface area contributed by atoms with Gasteiger partial charge in [0.25, 0.3) is 0 Å². The van der Waals surface area contributed by atoms with Gasteiger partial charge < -0.3 is 13.7 Å². The molecule has 0 aliphatic heterocycles. The fraction of sp³-hybridized carbons (Fsp3) is 0.0893. The molecule has 7 heteroatoms. The van der Waals surface area contributed by atoms with Crippen LogP contribution in [0.2, 0.25) is 0 Å². The highest BCUT2D eigenvalue weighted by Crippen LogP contribution is 2.48. The molecule has 4 aromatic heterocycles. The highest BCUT2D eigenvalue weighted by molar-refractivity contribution is 8.00. The lowest BCUT2D eigenvalue weighted by Crippen LogP contribution is -2.31. The third kappa shape index (κ3) is 5.58. The fourth-order valence-electron chi connectivity index (χ4n) is 10.4. The fourth-order valence-corrected chi connectivity index (χ4v) is 11.5. The Morgan fingerprint density at radius 3 is 1.83 bits per heavy atom. The molecule has 63 heavy (non-hydrogen) atoms. The van der Waals surface area contributed by atoms with Crippen LogP contribution in [0.25, 0.3) is 100.0 Å². The smallest absolute Gasteiger partial charge is 0.0991 e. The number of rotatable bonds is 5. The molecule has 0 bridgehead atoms. The summed E-state index contributed by atoms with van der Waals surface area (Å²) in [5.74, 6) is 0. The summed E-state index contributed by atoms with van der Waals surface area (Å²) in [6.07, 6.45) is 14.4. The molecular weight excluding hydrogens is 789 g/mol. The maximum atomic E-state index is 9.39. The summed E-state index contributed by atoms with van der Waals surface area (Å²) >= 11 is 1.88. The molecule has 298 valence electrons. The third-order valence-electron chi connectivity index (χ3n) is 13.1. The SMILES string of the molecule is N#Cc1ccc(SC2C=CC(n3c4c(ccc5c4c4ccccc4n5C4=CCC=c5nc6ccccc6nc5=C4)c4ccc5c(c6ccccc6n5-c5ccccc5)c43)CC2)cc1. The van der Waals surface area contributed by atoms with E-state index in [0.717, 1.165) is 52.4 Å². The number of nitrogens with zero attached hydrogens (tertiary/aromatic N) is 6. The summed E-state index contributed by atoms with van der Waals surface area (Å²) in [4.78, 5) is 11.4. The van der Waals surface area contributed by atoms with E-state index < -0.39 is 0 Å². The number of thioether (sulfide) groups is 1. The monoisotopic (exact) mass is 826 g/mol. The number of hydrogen-bond donors (Lipinski definition) is 0. The predicted octanol–water partition coefficient (Wildman–Crippen LogP) is 12.4.